The molecule has 0 heterocycles. The molecule has 0 fully saturated rings. The van der Waals surface area contributed by atoms with Gasteiger partial charge in [-0.2, -0.15) is 0 Å². The Morgan fingerprint density at radius 3 is 2.40 bits per heavy atom. The van der Waals surface area contributed by atoms with E-state index in [1.807, 2.05) is 20.8 Å². The molecule has 2 unspecified atom stereocenters. The molecular formula is C8H14O2. The van der Waals surface area contributed by atoms with Gasteiger partial charge in [0.15, 0.2) is 7.11 Å². The molecule has 0 aliphatic carbocycles. The van der Waals surface area contributed by atoms with Crippen molar-refractivity contribution >= 4 is 5.97 Å². The Labute approximate surface area is 62.6 Å². The van der Waals surface area contributed by atoms with Crippen LogP contribution in [0.3, 0.4) is 0 Å². The first-order chi connectivity index (χ1) is 4.63. The minimum atomic E-state index is -0.325. The third-order valence-corrected chi connectivity index (χ3v) is 1.99. The Morgan fingerprint density at radius 2 is 2.10 bits per heavy atom. The molecule has 0 saturated heterocycles. The van der Waals surface area contributed by atoms with Gasteiger partial charge in [-0.15, -0.1) is 0 Å². The highest BCUT2D eigenvalue weighted by molar-refractivity contribution is 5.72. The summed E-state index contributed by atoms with van der Waals surface area (Å²) >= 11 is 0. The van der Waals surface area contributed by atoms with Crippen LogP contribution in [0.15, 0.2) is 0 Å². The zero-order valence-electron chi connectivity index (χ0n) is 6.76. The van der Waals surface area contributed by atoms with Gasteiger partial charge in [-0.1, -0.05) is 27.2 Å². The molecule has 58 valence electrons. The molecular weight excluding hydrogens is 128 g/mol. The van der Waals surface area contributed by atoms with Gasteiger partial charge in [0, 0.05) is 0 Å². The quantitative estimate of drug-likeness (QED) is 0.562. The summed E-state index contributed by atoms with van der Waals surface area (Å²) in [6.07, 6.45) is 0.969. The van der Waals surface area contributed by atoms with Crippen LogP contribution < -0.4 is 0 Å². The van der Waals surface area contributed by atoms with Crippen molar-refractivity contribution in [3.8, 4) is 0 Å². The van der Waals surface area contributed by atoms with E-state index in [1.165, 1.54) is 0 Å². The predicted octanol–water partition coefficient (Wildman–Crippen LogP) is 1.88. The molecule has 2 radical (unpaired) electrons. The molecule has 2 heteroatoms. The number of carbonyl (C=O) groups is 1. The van der Waals surface area contributed by atoms with Crippen molar-refractivity contribution in [3.05, 3.63) is 7.11 Å². The molecule has 0 amide bonds. The van der Waals surface area contributed by atoms with Gasteiger partial charge in [-0.05, 0) is 5.92 Å². The van der Waals surface area contributed by atoms with E-state index in [1.54, 1.807) is 0 Å². The van der Waals surface area contributed by atoms with Crippen molar-refractivity contribution in [3.63, 3.8) is 0 Å². The van der Waals surface area contributed by atoms with Crippen LogP contribution in [0.2, 0.25) is 0 Å². The Hall–Kier alpha value is -0.530. The summed E-state index contributed by atoms with van der Waals surface area (Å²) < 4.78 is 4.10. The fourth-order valence-electron chi connectivity index (χ4n) is 0.693. The van der Waals surface area contributed by atoms with E-state index in [4.69, 9.17) is 7.11 Å². The lowest BCUT2D eigenvalue weighted by Gasteiger charge is -2.14. The standard InChI is InChI=1S/C8H14O2/c1-5-6(2)7(3)8(9)10-4/h4,6-7H,5H2,1-3H3. The topological polar surface area (TPSA) is 26.3 Å². The third kappa shape index (κ3) is 2.38. The van der Waals surface area contributed by atoms with Crippen LogP contribution in [0.5, 0.6) is 0 Å². The summed E-state index contributed by atoms with van der Waals surface area (Å²) in [4.78, 5) is 10.8. The van der Waals surface area contributed by atoms with Crippen molar-refractivity contribution in [2.24, 2.45) is 11.8 Å². The van der Waals surface area contributed by atoms with Crippen LogP contribution in [0.25, 0.3) is 0 Å². The van der Waals surface area contributed by atoms with E-state index in [0.717, 1.165) is 6.42 Å². The van der Waals surface area contributed by atoms with Crippen LogP contribution in [0.1, 0.15) is 27.2 Å². The Balaban J connectivity index is 3.81. The van der Waals surface area contributed by atoms with Crippen LogP contribution in [0.4, 0.5) is 0 Å². The SMILES string of the molecule is [CH]OC(=O)C(C)C(C)CC. The molecule has 0 N–H and O–H groups in total. The first kappa shape index (κ1) is 9.47. The van der Waals surface area contributed by atoms with E-state index in [-0.39, 0.29) is 11.9 Å². The van der Waals surface area contributed by atoms with Gasteiger partial charge in [-0.3, -0.25) is 4.79 Å². The van der Waals surface area contributed by atoms with Crippen LogP contribution in [-0.2, 0) is 9.53 Å². The highest BCUT2D eigenvalue weighted by atomic mass is 16.5. The highest BCUT2D eigenvalue weighted by Crippen LogP contribution is 2.15. The highest BCUT2D eigenvalue weighted by Gasteiger charge is 2.18. The number of carbonyl (C=O) groups excluding carboxylic acids is 1. The molecule has 10 heavy (non-hydrogen) atoms. The maximum atomic E-state index is 10.8. The molecule has 0 spiro atoms. The van der Waals surface area contributed by atoms with E-state index in [2.05, 4.69) is 4.74 Å². The molecule has 0 aromatic carbocycles. The number of hydrogen-bond donors (Lipinski definition) is 0. The lowest BCUT2D eigenvalue weighted by Crippen LogP contribution is -2.18. The summed E-state index contributed by atoms with van der Waals surface area (Å²) in [6, 6.07) is 0. The van der Waals surface area contributed by atoms with Crippen LogP contribution >= 0.6 is 0 Å². The number of rotatable bonds is 3. The van der Waals surface area contributed by atoms with Gasteiger partial charge in [0.05, 0.1) is 5.92 Å². The number of esters is 1. The molecule has 0 aliphatic heterocycles. The maximum absolute atomic E-state index is 10.8. The lowest BCUT2D eigenvalue weighted by molar-refractivity contribution is -0.144. The summed E-state index contributed by atoms with van der Waals surface area (Å²) in [5.41, 5.74) is 0. The zero-order chi connectivity index (χ0) is 8.15. The van der Waals surface area contributed by atoms with Crippen molar-refractivity contribution in [1.29, 1.82) is 0 Å². The maximum Gasteiger partial charge on any atom is 0.309 e. The second-order valence-corrected chi connectivity index (χ2v) is 2.61. The summed E-state index contributed by atoms with van der Waals surface area (Å²) in [6.45, 7) is 5.86. The third-order valence-electron chi connectivity index (χ3n) is 1.99. The van der Waals surface area contributed by atoms with Crippen LogP contribution in [0, 0.1) is 18.9 Å². The zero-order valence-corrected chi connectivity index (χ0v) is 6.76. The first-order valence-electron chi connectivity index (χ1n) is 3.54. The normalized spacial score (nSPS) is 16.0. The average molecular weight is 142 g/mol. The number of ether oxygens (including phenoxy) is 1. The van der Waals surface area contributed by atoms with Crippen molar-refractivity contribution in [1.82, 2.24) is 0 Å². The van der Waals surface area contributed by atoms with Gasteiger partial charge in [0.2, 0.25) is 0 Å². The molecule has 2 atom stereocenters. The molecule has 0 aromatic rings. The van der Waals surface area contributed by atoms with Gasteiger partial charge >= 0.3 is 5.97 Å². The van der Waals surface area contributed by atoms with E-state index in [0.29, 0.717) is 5.92 Å². The second kappa shape index (κ2) is 4.31. The van der Waals surface area contributed by atoms with Crippen molar-refractivity contribution in [2.45, 2.75) is 27.2 Å². The molecule has 0 bridgehead atoms. The molecule has 0 saturated carbocycles. The van der Waals surface area contributed by atoms with Crippen LogP contribution in [-0.4, -0.2) is 5.97 Å². The monoisotopic (exact) mass is 142 g/mol. The summed E-state index contributed by atoms with van der Waals surface area (Å²) in [7, 11) is 4.72. The fourth-order valence-corrected chi connectivity index (χ4v) is 0.693. The Bertz CT molecular complexity index is 110. The molecule has 0 aromatic heterocycles. The minimum Gasteiger partial charge on any atom is -0.454 e. The minimum absolute atomic E-state index is 0.0880. The smallest absolute Gasteiger partial charge is 0.309 e. The molecule has 0 aliphatic rings. The molecule has 0 rings (SSSR count). The summed E-state index contributed by atoms with van der Waals surface area (Å²) in [5.74, 6) is -0.0691. The van der Waals surface area contributed by atoms with Gasteiger partial charge in [0.1, 0.15) is 0 Å². The van der Waals surface area contributed by atoms with E-state index in [9.17, 15) is 4.79 Å². The van der Waals surface area contributed by atoms with Crippen molar-refractivity contribution < 1.29 is 9.53 Å². The Kier molecular flexibility index (Phi) is 4.08. The van der Waals surface area contributed by atoms with Gasteiger partial charge in [-0.25, -0.2) is 0 Å². The van der Waals surface area contributed by atoms with Gasteiger partial charge in [0.25, 0.3) is 0 Å². The molecule has 2 nitrogen and oxygen atoms in total. The number of hydrogen-bond acceptors (Lipinski definition) is 2. The predicted molar refractivity (Wildman–Crippen MR) is 39.0 cm³/mol. The Morgan fingerprint density at radius 1 is 1.60 bits per heavy atom. The largest absolute Gasteiger partial charge is 0.454 e. The fraction of sp³-hybridized carbons (Fsp3) is 0.750. The second-order valence-electron chi connectivity index (χ2n) is 2.61. The van der Waals surface area contributed by atoms with E-state index >= 15 is 0 Å². The van der Waals surface area contributed by atoms with E-state index < -0.39 is 0 Å². The average Bonchev–Trinajstić information content (AvgIpc) is 2.00. The lowest BCUT2D eigenvalue weighted by atomic mass is 9.94. The summed E-state index contributed by atoms with van der Waals surface area (Å²) in [5, 5.41) is 0. The van der Waals surface area contributed by atoms with Crippen molar-refractivity contribution in [2.75, 3.05) is 0 Å². The first-order valence-corrected chi connectivity index (χ1v) is 3.54. The van der Waals surface area contributed by atoms with Gasteiger partial charge < -0.3 is 4.74 Å².